The van der Waals surface area contributed by atoms with Crippen LogP contribution in [0, 0.1) is 5.92 Å². The number of aliphatic carboxylic acids is 1. The largest absolute Gasteiger partial charge is 0.508 e. The lowest BCUT2D eigenvalue weighted by Gasteiger charge is -2.29. The number of benzene rings is 2. The minimum Gasteiger partial charge on any atom is -0.508 e. The van der Waals surface area contributed by atoms with Gasteiger partial charge < -0.3 is 20.4 Å². The van der Waals surface area contributed by atoms with Gasteiger partial charge in [0.1, 0.15) is 5.75 Å². The lowest BCUT2D eigenvalue weighted by Crippen LogP contribution is -2.23. The predicted molar refractivity (Wildman–Crippen MR) is 122 cm³/mol. The molecule has 1 aromatic heterocycles. The Bertz CT molecular complexity index is 1130. The molecule has 0 aliphatic carbocycles. The molecule has 0 spiro atoms. The van der Waals surface area contributed by atoms with Gasteiger partial charge in [0.05, 0.1) is 17.8 Å². The number of aromatic hydroxyl groups is 1. The zero-order valence-electron chi connectivity index (χ0n) is 18.9. The third-order valence-electron chi connectivity index (χ3n) is 5.07. The van der Waals surface area contributed by atoms with Crippen LogP contribution in [0.1, 0.15) is 44.5 Å². The van der Waals surface area contributed by atoms with Crippen LogP contribution in [0.3, 0.4) is 0 Å². The third-order valence-corrected chi connectivity index (χ3v) is 5.07. The van der Waals surface area contributed by atoms with Crippen molar-refractivity contribution in [1.82, 2.24) is 15.2 Å². The second kappa shape index (κ2) is 10.0. The molecular weight excluding hydrogens is 451 g/mol. The number of hydrogen-bond acceptors (Lipinski definition) is 6. The zero-order chi connectivity index (χ0) is 25.0. The van der Waals surface area contributed by atoms with Gasteiger partial charge in [-0.2, -0.15) is 18.2 Å². The van der Waals surface area contributed by atoms with Crippen LogP contribution in [0.4, 0.5) is 36.2 Å². The van der Waals surface area contributed by atoms with E-state index in [0.29, 0.717) is 23.5 Å². The maximum Gasteiger partial charge on any atom is 0.451 e. The van der Waals surface area contributed by atoms with Crippen molar-refractivity contribution in [1.29, 1.82) is 0 Å². The van der Waals surface area contributed by atoms with E-state index in [2.05, 4.69) is 15.4 Å². The highest BCUT2D eigenvalue weighted by atomic mass is 19.4. The zero-order valence-corrected chi connectivity index (χ0v) is 18.9. The highest BCUT2D eigenvalue weighted by molar-refractivity contribution is 5.80. The van der Waals surface area contributed by atoms with Gasteiger partial charge in [-0.15, -0.1) is 5.10 Å². The number of rotatable bonds is 9. The number of nitrogens with one attached hydrogen (secondary N) is 2. The van der Waals surface area contributed by atoms with Crippen molar-refractivity contribution < 1.29 is 28.2 Å². The molecule has 2 aromatic carbocycles. The second-order valence-electron chi connectivity index (χ2n) is 8.43. The van der Waals surface area contributed by atoms with E-state index >= 15 is 0 Å². The first kappa shape index (κ1) is 24.9. The fourth-order valence-corrected chi connectivity index (χ4v) is 3.48. The summed E-state index contributed by atoms with van der Waals surface area (Å²) in [5.74, 6) is -2.48. The molecule has 0 fully saturated rings. The first-order chi connectivity index (χ1) is 15.9. The average Bonchev–Trinajstić information content (AvgIpc) is 3.21. The third kappa shape index (κ3) is 6.18. The number of carboxylic acid groups (broad SMARTS) is 1. The van der Waals surface area contributed by atoms with Crippen molar-refractivity contribution >= 4 is 29.0 Å². The minimum absolute atomic E-state index is 0.102. The van der Waals surface area contributed by atoms with Crippen LogP contribution in [-0.2, 0) is 11.0 Å². The molecule has 0 unspecified atom stereocenters. The van der Waals surface area contributed by atoms with Crippen LogP contribution < -0.4 is 10.2 Å². The molecule has 0 saturated carbocycles. The van der Waals surface area contributed by atoms with E-state index in [4.69, 9.17) is 5.11 Å². The Morgan fingerprint density at radius 3 is 2.38 bits per heavy atom. The lowest BCUT2D eigenvalue weighted by atomic mass is 9.96. The number of aromatic amines is 1. The normalized spacial score (nSPS) is 12.6. The Kier molecular flexibility index (Phi) is 7.33. The number of halogens is 3. The van der Waals surface area contributed by atoms with Crippen molar-refractivity contribution in [2.24, 2.45) is 5.92 Å². The second-order valence-corrected chi connectivity index (χ2v) is 8.43. The molecule has 3 rings (SSSR count). The standard InChI is InChI=1S/C23H26F3N5O3/c1-13(2)12-31(16-5-7-17(32)8-6-16)19-9-4-15(14(3)10-20(33)34)11-18(19)27-22-28-21(29-30-22)23(24,25)26/h4-9,11,13-14,32H,10,12H2,1-3H3,(H,33,34)(H2,27,28,29,30)/t14-/m1/s1. The number of aromatic nitrogens is 3. The summed E-state index contributed by atoms with van der Waals surface area (Å²) in [5.41, 5.74) is 2.49. The van der Waals surface area contributed by atoms with E-state index in [1.807, 2.05) is 23.8 Å². The van der Waals surface area contributed by atoms with Gasteiger partial charge in [-0.1, -0.05) is 26.8 Å². The van der Waals surface area contributed by atoms with Crippen molar-refractivity contribution in [3.05, 3.63) is 53.9 Å². The molecule has 0 amide bonds. The van der Waals surface area contributed by atoms with Crippen molar-refractivity contribution in [3.8, 4) is 5.75 Å². The lowest BCUT2D eigenvalue weighted by molar-refractivity contribution is -0.144. The van der Waals surface area contributed by atoms with Gasteiger partial charge in [-0.3, -0.25) is 9.89 Å². The minimum atomic E-state index is -4.68. The fraction of sp³-hybridized carbons (Fsp3) is 0.348. The molecule has 34 heavy (non-hydrogen) atoms. The van der Waals surface area contributed by atoms with E-state index in [1.54, 1.807) is 49.4 Å². The van der Waals surface area contributed by atoms with E-state index in [9.17, 15) is 23.1 Å². The monoisotopic (exact) mass is 477 g/mol. The molecular formula is C23H26F3N5O3. The smallest absolute Gasteiger partial charge is 0.451 e. The number of H-pyrrole nitrogens is 1. The van der Waals surface area contributed by atoms with Gasteiger partial charge in [0.15, 0.2) is 0 Å². The quantitative estimate of drug-likeness (QED) is 0.315. The van der Waals surface area contributed by atoms with E-state index in [-0.39, 0.29) is 30.0 Å². The van der Waals surface area contributed by atoms with Gasteiger partial charge in [-0.05, 0) is 53.8 Å². The summed E-state index contributed by atoms with van der Waals surface area (Å²) in [4.78, 5) is 16.6. The average molecular weight is 477 g/mol. The van der Waals surface area contributed by atoms with Gasteiger partial charge in [0.2, 0.25) is 11.8 Å². The fourth-order valence-electron chi connectivity index (χ4n) is 3.48. The van der Waals surface area contributed by atoms with Crippen LogP contribution in [0.15, 0.2) is 42.5 Å². The number of carboxylic acids is 1. The molecule has 8 nitrogen and oxygen atoms in total. The maximum atomic E-state index is 13.0. The van der Waals surface area contributed by atoms with Gasteiger partial charge >= 0.3 is 12.1 Å². The molecule has 0 aliphatic rings. The van der Waals surface area contributed by atoms with Gasteiger partial charge in [0.25, 0.3) is 0 Å². The first-order valence-corrected chi connectivity index (χ1v) is 10.6. The topological polar surface area (TPSA) is 114 Å². The molecule has 4 N–H and O–H groups in total. The number of phenolic OH excluding ortho intramolecular Hbond substituents is 1. The van der Waals surface area contributed by atoms with Crippen LogP contribution in [-0.4, -0.2) is 37.9 Å². The van der Waals surface area contributed by atoms with Crippen LogP contribution in [0.5, 0.6) is 5.75 Å². The predicted octanol–water partition coefficient (Wildman–Crippen LogP) is 5.65. The van der Waals surface area contributed by atoms with Gasteiger partial charge in [-0.25, -0.2) is 0 Å². The SMILES string of the molecule is CC(C)CN(c1ccc(O)cc1)c1ccc([C@H](C)CC(=O)O)cc1Nc1n[nH]c(C(F)(F)F)n1. The molecule has 11 heteroatoms. The first-order valence-electron chi connectivity index (χ1n) is 10.6. The number of alkyl halides is 3. The molecule has 1 atom stereocenters. The Morgan fingerprint density at radius 1 is 1.15 bits per heavy atom. The van der Waals surface area contributed by atoms with E-state index in [1.165, 1.54) is 0 Å². The molecule has 3 aromatic rings. The van der Waals surface area contributed by atoms with E-state index < -0.39 is 18.0 Å². The Hall–Kier alpha value is -3.76. The summed E-state index contributed by atoms with van der Waals surface area (Å²) >= 11 is 0. The number of anilines is 4. The van der Waals surface area contributed by atoms with Crippen LogP contribution in [0.2, 0.25) is 0 Å². The molecule has 0 aliphatic heterocycles. The number of nitrogens with zero attached hydrogens (tertiary/aromatic N) is 3. The maximum absolute atomic E-state index is 13.0. The highest BCUT2D eigenvalue weighted by Crippen LogP contribution is 2.37. The van der Waals surface area contributed by atoms with Gasteiger partial charge in [0, 0.05) is 12.2 Å². The summed E-state index contributed by atoms with van der Waals surface area (Å²) in [6.45, 7) is 6.36. The summed E-state index contributed by atoms with van der Waals surface area (Å²) < 4.78 is 39.0. The molecule has 182 valence electrons. The van der Waals surface area contributed by atoms with Crippen molar-refractivity contribution in [2.75, 3.05) is 16.8 Å². The summed E-state index contributed by atoms with van der Waals surface area (Å²) in [6.07, 6.45) is -4.78. The van der Waals surface area contributed by atoms with Crippen LogP contribution >= 0.6 is 0 Å². The number of hydrogen-bond donors (Lipinski definition) is 4. The summed E-state index contributed by atoms with van der Waals surface area (Å²) in [5, 5.41) is 27.2. The van der Waals surface area contributed by atoms with E-state index in [0.717, 1.165) is 5.69 Å². The Balaban J connectivity index is 2.08. The van der Waals surface area contributed by atoms with Crippen LogP contribution in [0.25, 0.3) is 0 Å². The molecule has 1 heterocycles. The van der Waals surface area contributed by atoms with Crippen molar-refractivity contribution in [3.63, 3.8) is 0 Å². The molecule has 0 saturated heterocycles. The molecule has 0 bridgehead atoms. The summed E-state index contributed by atoms with van der Waals surface area (Å²) in [6, 6.07) is 11.8. The molecule has 0 radical (unpaired) electrons. The number of carbonyl (C=O) groups is 1. The number of phenols is 1. The Labute approximate surface area is 194 Å². The Morgan fingerprint density at radius 2 is 1.82 bits per heavy atom. The highest BCUT2D eigenvalue weighted by Gasteiger charge is 2.35. The van der Waals surface area contributed by atoms with Crippen molar-refractivity contribution in [2.45, 2.75) is 39.3 Å². The summed E-state index contributed by atoms with van der Waals surface area (Å²) in [7, 11) is 0.